The largest absolute Gasteiger partial charge is 0.392 e. The van der Waals surface area contributed by atoms with E-state index in [0.717, 1.165) is 6.42 Å². The minimum Gasteiger partial charge on any atom is -0.340 e. The summed E-state index contributed by atoms with van der Waals surface area (Å²) in [6.07, 6.45) is -2.47. The van der Waals surface area contributed by atoms with Crippen LogP contribution in [0.25, 0.3) is 0 Å². The number of alkyl halides is 3. The first-order valence-electron chi connectivity index (χ1n) is 6.98. The summed E-state index contributed by atoms with van der Waals surface area (Å²) in [5.74, 6) is -2.60. The van der Waals surface area contributed by atoms with Crippen molar-refractivity contribution in [2.75, 3.05) is 19.6 Å². The number of piperazine rings is 1. The zero-order valence-corrected chi connectivity index (χ0v) is 12.4. The van der Waals surface area contributed by atoms with Crippen LogP contribution >= 0.6 is 12.4 Å². The van der Waals surface area contributed by atoms with E-state index in [9.17, 15) is 18.0 Å². The number of nitrogens with zero attached hydrogens (tertiary/aromatic N) is 1. The van der Waals surface area contributed by atoms with E-state index in [-0.39, 0.29) is 30.8 Å². The number of hydrogen-bond acceptors (Lipinski definition) is 2. The number of carbonyl (C=O) groups is 1. The molecular weight excluding hydrogens is 293 g/mol. The molecule has 1 N–H and O–H groups in total. The third-order valence-electron chi connectivity index (χ3n) is 4.18. The van der Waals surface area contributed by atoms with Gasteiger partial charge in [0, 0.05) is 31.6 Å². The quantitative estimate of drug-likeness (QED) is 0.807. The van der Waals surface area contributed by atoms with Crippen LogP contribution in [-0.4, -0.2) is 42.7 Å². The van der Waals surface area contributed by atoms with Crippen LogP contribution in [-0.2, 0) is 4.79 Å². The Morgan fingerprint density at radius 1 is 1.25 bits per heavy atom. The van der Waals surface area contributed by atoms with Gasteiger partial charge in [0.15, 0.2) is 0 Å². The molecule has 3 unspecified atom stereocenters. The molecule has 0 aromatic heterocycles. The van der Waals surface area contributed by atoms with Crippen molar-refractivity contribution < 1.29 is 18.0 Å². The van der Waals surface area contributed by atoms with Gasteiger partial charge in [0.1, 0.15) is 0 Å². The van der Waals surface area contributed by atoms with Crippen LogP contribution in [0.1, 0.15) is 32.6 Å². The fourth-order valence-corrected chi connectivity index (χ4v) is 3.19. The van der Waals surface area contributed by atoms with Crippen LogP contribution in [0.4, 0.5) is 13.2 Å². The lowest BCUT2D eigenvalue weighted by Crippen LogP contribution is -2.54. The normalized spacial score (nSPS) is 31.6. The monoisotopic (exact) mass is 314 g/mol. The van der Waals surface area contributed by atoms with Gasteiger partial charge in [0.2, 0.25) is 5.91 Å². The highest BCUT2D eigenvalue weighted by Gasteiger charge is 2.49. The molecule has 3 nitrogen and oxygen atoms in total. The number of carbonyl (C=O) groups excluding carboxylic acids is 1. The summed E-state index contributed by atoms with van der Waals surface area (Å²) in [5.41, 5.74) is 0. The molecule has 0 aromatic carbocycles. The van der Waals surface area contributed by atoms with Gasteiger partial charge >= 0.3 is 6.18 Å². The average Bonchev–Trinajstić information content (AvgIpc) is 2.37. The van der Waals surface area contributed by atoms with Gasteiger partial charge in [-0.25, -0.2) is 0 Å². The van der Waals surface area contributed by atoms with E-state index in [2.05, 4.69) is 5.32 Å². The Kier molecular flexibility index (Phi) is 6.13. The van der Waals surface area contributed by atoms with Crippen molar-refractivity contribution in [1.29, 1.82) is 0 Å². The van der Waals surface area contributed by atoms with Crippen molar-refractivity contribution in [1.82, 2.24) is 10.2 Å². The summed E-state index contributed by atoms with van der Waals surface area (Å²) in [5, 5.41) is 3.20. The molecule has 1 aliphatic carbocycles. The van der Waals surface area contributed by atoms with Crippen molar-refractivity contribution in [3.8, 4) is 0 Å². The van der Waals surface area contributed by atoms with Gasteiger partial charge in [-0.1, -0.05) is 12.8 Å². The zero-order chi connectivity index (χ0) is 14.0. The fourth-order valence-electron chi connectivity index (χ4n) is 3.19. The Morgan fingerprint density at radius 3 is 2.50 bits per heavy atom. The molecule has 0 aromatic rings. The lowest BCUT2D eigenvalue weighted by Gasteiger charge is -2.38. The summed E-state index contributed by atoms with van der Waals surface area (Å²) in [6, 6.07) is 0.158. The molecule has 1 amide bonds. The number of hydrogen-bond donors (Lipinski definition) is 1. The minimum atomic E-state index is -4.25. The van der Waals surface area contributed by atoms with Crippen LogP contribution in [0.3, 0.4) is 0 Å². The van der Waals surface area contributed by atoms with Crippen LogP contribution in [0.2, 0.25) is 0 Å². The van der Waals surface area contributed by atoms with Crippen molar-refractivity contribution >= 4 is 18.3 Å². The van der Waals surface area contributed by atoms with Crippen LogP contribution in [0.5, 0.6) is 0 Å². The third-order valence-corrected chi connectivity index (χ3v) is 4.18. The molecule has 0 bridgehead atoms. The molecule has 3 atom stereocenters. The molecule has 0 radical (unpaired) electrons. The van der Waals surface area contributed by atoms with Gasteiger partial charge in [0.25, 0.3) is 0 Å². The summed E-state index contributed by atoms with van der Waals surface area (Å²) in [4.78, 5) is 14.0. The van der Waals surface area contributed by atoms with Crippen molar-refractivity contribution in [2.45, 2.75) is 44.8 Å². The standard InChI is InChI=1S/C13H21F3N2O.ClH/c1-9-8-18(7-6-17-9)12(19)10-4-2-3-5-11(10)13(14,15)16;/h9-11,17H,2-8H2,1H3;1H. The highest BCUT2D eigenvalue weighted by Crippen LogP contribution is 2.42. The first-order valence-corrected chi connectivity index (χ1v) is 6.98. The maximum Gasteiger partial charge on any atom is 0.392 e. The first-order chi connectivity index (χ1) is 8.89. The van der Waals surface area contributed by atoms with Crippen molar-refractivity contribution in [2.24, 2.45) is 11.8 Å². The number of amides is 1. The molecule has 1 heterocycles. The predicted molar refractivity (Wildman–Crippen MR) is 72.8 cm³/mol. The number of rotatable bonds is 1. The number of nitrogens with one attached hydrogen (secondary N) is 1. The predicted octanol–water partition coefficient (Wildman–Crippen LogP) is 2.60. The average molecular weight is 315 g/mol. The molecule has 0 spiro atoms. The van der Waals surface area contributed by atoms with Gasteiger partial charge in [0.05, 0.1) is 5.92 Å². The second kappa shape index (κ2) is 6.98. The Hall–Kier alpha value is -0.490. The topological polar surface area (TPSA) is 32.3 Å². The molecule has 2 aliphatic rings. The third kappa shape index (κ3) is 4.01. The lowest BCUT2D eigenvalue weighted by atomic mass is 9.78. The molecule has 118 valence electrons. The Morgan fingerprint density at radius 2 is 1.90 bits per heavy atom. The van der Waals surface area contributed by atoms with E-state index >= 15 is 0 Å². The van der Waals surface area contributed by atoms with Crippen LogP contribution in [0, 0.1) is 11.8 Å². The molecule has 2 rings (SSSR count). The lowest BCUT2D eigenvalue weighted by molar-refractivity contribution is -0.201. The van der Waals surface area contributed by atoms with Gasteiger partial charge in [-0.05, 0) is 19.8 Å². The Bertz CT molecular complexity index is 338. The van der Waals surface area contributed by atoms with Crippen LogP contribution in [0.15, 0.2) is 0 Å². The zero-order valence-electron chi connectivity index (χ0n) is 11.6. The number of halogens is 4. The van der Waals surface area contributed by atoms with E-state index < -0.39 is 18.0 Å². The summed E-state index contributed by atoms with van der Waals surface area (Å²) in [6.45, 7) is 3.64. The first kappa shape index (κ1) is 17.6. The molecule has 1 saturated carbocycles. The van der Waals surface area contributed by atoms with Gasteiger partial charge in [-0.15, -0.1) is 12.4 Å². The smallest absolute Gasteiger partial charge is 0.340 e. The maximum atomic E-state index is 13.0. The highest BCUT2D eigenvalue weighted by molar-refractivity contribution is 5.85. The van der Waals surface area contributed by atoms with E-state index in [1.165, 1.54) is 0 Å². The Labute approximate surface area is 123 Å². The SMILES string of the molecule is CC1CN(C(=O)C2CCCCC2C(F)(F)F)CCN1.Cl. The van der Waals surface area contributed by atoms with E-state index in [1.54, 1.807) is 4.90 Å². The van der Waals surface area contributed by atoms with Gasteiger partial charge in [-0.3, -0.25) is 4.79 Å². The second-order valence-corrected chi connectivity index (χ2v) is 5.68. The van der Waals surface area contributed by atoms with E-state index in [1.807, 2.05) is 6.92 Å². The van der Waals surface area contributed by atoms with Crippen molar-refractivity contribution in [3.05, 3.63) is 0 Å². The van der Waals surface area contributed by atoms with Crippen molar-refractivity contribution in [3.63, 3.8) is 0 Å². The summed E-state index contributed by atoms with van der Waals surface area (Å²) >= 11 is 0. The highest BCUT2D eigenvalue weighted by atomic mass is 35.5. The molecule has 1 aliphatic heterocycles. The molecule has 7 heteroatoms. The molecule has 1 saturated heterocycles. The summed E-state index contributed by atoms with van der Waals surface area (Å²) < 4.78 is 39.0. The molecule has 2 fully saturated rings. The van der Waals surface area contributed by atoms with Crippen LogP contribution < -0.4 is 5.32 Å². The maximum absolute atomic E-state index is 13.0. The molecular formula is C13H22ClF3N2O. The summed E-state index contributed by atoms with van der Waals surface area (Å²) in [7, 11) is 0. The van der Waals surface area contributed by atoms with E-state index in [0.29, 0.717) is 32.5 Å². The fraction of sp³-hybridized carbons (Fsp3) is 0.923. The van der Waals surface area contributed by atoms with E-state index in [4.69, 9.17) is 0 Å². The van der Waals surface area contributed by atoms with Gasteiger partial charge < -0.3 is 10.2 Å². The Balaban J connectivity index is 0.00000200. The second-order valence-electron chi connectivity index (χ2n) is 5.68. The van der Waals surface area contributed by atoms with Gasteiger partial charge in [-0.2, -0.15) is 13.2 Å². The minimum absolute atomic E-state index is 0. The molecule has 20 heavy (non-hydrogen) atoms.